The highest BCUT2D eigenvalue weighted by atomic mass is 15.3. The summed E-state index contributed by atoms with van der Waals surface area (Å²) in [5, 5.41) is 3.45. The maximum atomic E-state index is 4.74. The molecule has 2 aliphatic heterocycles. The third-order valence-electron chi connectivity index (χ3n) is 5.82. The third kappa shape index (κ3) is 6.22. The molecule has 0 unspecified atom stereocenters. The Labute approximate surface area is 195 Å². The van der Waals surface area contributed by atoms with Crippen LogP contribution in [0.1, 0.15) is 47.0 Å². The molecule has 1 aromatic rings. The second kappa shape index (κ2) is 12.1. The van der Waals surface area contributed by atoms with Crippen molar-refractivity contribution in [2.24, 2.45) is 4.99 Å². The fourth-order valence-electron chi connectivity index (χ4n) is 3.92. The van der Waals surface area contributed by atoms with Gasteiger partial charge < -0.3 is 15.1 Å². The van der Waals surface area contributed by atoms with E-state index < -0.39 is 0 Å². The number of nitrogens with zero attached hydrogens (tertiary/aromatic N) is 4. The molecule has 1 saturated heterocycles. The monoisotopic (exact) mass is 433 g/mol. The number of nitrogens with one attached hydrogen (secondary N) is 1. The van der Waals surface area contributed by atoms with Crippen molar-refractivity contribution in [1.82, 2.24) is 15.2 Å². The van der Waals surface area contributed by atoms with Crippen LogP contribution in [0.2, 0.25) is 0 Å². The Kier molecular flexibility index (Phi) is 8.90. The predicted octanol–water partition coefficient (Wildman–Crippen LogP) is 5.47. The second-order valence-corrected chi connectivity index (χ2v) is 7.92. The normalized spacial score (nSPS) is 20.1. The first kappa shape index (κ1) is 23.6. The van der Waals surface area contributed by atoms with E-state index in [2.05, 4.69) is 69.2 Å². The quantitative estimate of drug-likeness (QED) is 0.626. The molecule has 5 nitrogen and oxygen atoms in total. The van der Waals surface area contributed by atoms with Gasteiger partial charge in [-0.2, -0.15) is 0 Å². The highest BCUT2D eigenvalue weighted by Crippen LogP contribution is 2.21. The summed E-state index contributed by atoms with van der Waals surface area (Å²) in [7, 11) is 0. The zero-order valence-electron chi connectivity index (χ0n) is 19.8. The molecule has 1 fully saturated rings. The molecule has 1 aliphatic carbocycles. The smallest absolute Gasteiger partial charge is 0.134 e. The van der Waals surface area contributed by atoms with E-state index in [9.17, 15) is 0 Å². The van der Waals surface area contributed by atoms with Gasteiger partial charge in [0.15, 0.2) is 0 Å². The summed E-state index contributed by atoms with van der Waals surface area (Å²) in [5.74, 6) is 1.95. The highest BCUT2D eigenvalue weighted by Gasteiger charge is 2.20. The molecule has 0 aromatic carbocycles. The lowest BCUT2D eigenvalue weighted by Crippen LogP contribution is -2.46. The van der Waals surface area contributed by atoms with Crippen LogP contribution < -0.4 is 10.2 Å². The first-order chi connectivity index (χ1) is 15.7. The average molecular weight is 434 g/mol. The summed E-state index contributed by atoms with van der Waals surface area (Å²) in [6, 6.07) is 4.25. The third-order valence-corrected chi connectivity index (χ3v) is 5.82. The SMILES string of the molecule is C=C/C(C)=C\C=C1/CCN=C(c2ccc(N3CCN(C4=CC=CCC4)CC3)nc2)N1.CC.[HH]. The molecule has 3 aliphatic rings. The average Bonchev–Trinajstić information content (AvgIpc) is 2.89. The van der Waals surface area contributed by atoms with Crippen molar-refractivity contribution < 1.29 is 1.43 Å². The molecular formula is C27H39N5. The number of aliphatic imine (C=N–C) groups is 1. The Morgan fingerprint density at radius 2 is 1.91 bits per heavy atom. The van der Waals surface area contributed by atoms with Gasteiger partial charge in [0.1, 0.15) is 11.7 Å². The lowest BCUT2D eigenvalue weighted by Gasteiger charge is -2.38. The lowest BCUT2D eigenvalue weighted by atomic mass is 10.1. The van der Waals surface area contributed by atoms with E-state index in [4.69, 9.17) is 4.98 Å². The zero-order valence-corrected chi connectivity index (χ0v) is 19.8. The van der Waals surface area contributed by atoms with Crippen LogP contribution >= 0.6 is 0 Å². The number of amidine groups is 1. The number of allylic oxidation sites excluding steroid dienone is 8. The minimum atomic E-state index is 0. The van der Waals surface area contributed by atoms with Gasteiger partial charge in [0.25, 0.3) is 0 Å². The van der Waals surface area contributed by atoms with Crippen LogP contribution in [0.4, 0.5) is 5.82 Å². The van der Waals surface area contributed by atoms with Crippen LogP contribution in [-0.2, 0) is 0 Å². The number of pyridine rings is 1. The van der Waals surface area contributed by atoms with E-state index in [0.717, 1.165) is 74.8 Å². The first-order valence-corrected chi connectivity index (χ1v) is 11.9. The van der Waals surface area contributed by atoms with Crippen LogP contribution in [0.5, 0.6) is 0 Å². The number of piperazine rings is 1. The van der Waals surface area contributed by atoms with Gasteiger partial charge in [0, 0.05) is 63.7 Å². The van der Waals surface area contributed by atoms with Crippen LogP contribution in [0.15, 0.2) is 83.3 Å². The molecule has 1 N–H and O–H groups in total. The fraction of sp³-hybridized carbons (Fsp3) is 0.407. The molecule has 5 heteroatoms. The molecule has 0 bridgehead atoms. The molecule has 172 valence electrons. The zero-order chi connectivity index (χ0) is 22.8. The van der Waals surface area contributed by atoms with Crippen molar-refractivity contribution in [2.75, 3.05) is 37.6 Å². The molecular weight excluding hydrogens is 394 g/mol. The van der Waals surface area contributed by atoms with Gasteiger partial charge in [-0.1, -0.05) is 50.3 Å². The van der Waals surface area contributed by atoms with Crippen molar-refractivity contribution in [3.63, 3.8) is 0 Å². The standard InChI is InChI=1S/C25H31N5.C2H6.H2/c1-3-20(2)9-11-22-13-14-26-25(28-22)21-10-12-24(27-19-21)30-17-15-29(16-18-30)23-7-5-4-6-8-23;1-2;/h3-5,7,9-12,19H,1,6,8,13-18H2,2H3,(H,26,28);1-2H3;1H/b20-9-,22-11+;;. The second-order valence-electron chi connectivity index (χ2n) is 7.92. The lowest BCUT2D eigenvalue weighted by molar-refractivity contribution is 0.310. The molecule has 4 rings (SSSR count). The van der Waals surface area contributed by atoms with Crippen LogP contribution in [0.25, 0.3) is 0 Å². The van der Waals surface area contributed by atoms with Crippen LogP contribution in [0, 0.1) is 0 Å². The molecule has 1 aromatic heterocycles. The maximum Gasteiger partial charge on any atom is 0.134 e. The van der Waals surface area contributed by atoms with Gasteiger partial charge in [-0.25, -0.2) is 4.98 Å². The number of rotatable bonds is 5. The molecule has 32 heavy (non-hydrogen) atoms. The van der Waals surface area contributed by atoms with E-state index in [0.29, 0.717) is 0 Å². The Balaban J connectivity index is 0.00000125. The van der Waals surface area contributed by atoms with Gasteiger partial charge in [-0.3, -0.25) is 4.99 Å². The highest BCUT2D eigenvalue weighted by molar-refractivity contribution is 6.00. The number of hydrogen-bond donors (Lipinski definition) is 1. The number of hydrogen-bond acceptors (Lipinski definition) is 5. The Morgan fingerprint density at radius 3 is 2.56 bits per heavy atom. The number of aromatic nitrogens is 1. The molecule has 3 heterocycles. The van der Waals surface area contributed by atoms with Gasteiger partial charge in [0.2, 0.25) is 0 Å². The molecule has 0 radical (unpaired) electrons. The summed E-state index contributed by atoms with van der Waals surface area (Å²) >= 11 is 0. The van der Waals surface area contributed by atoms with E-state index >= 15 is 0 Å². The largest absolute Gasteiger partial charge is 0.371 e. The molecule has 0 amide bonds. The van der Waals surface area contributed by atoms with Crippen molar-refractivity contribution in [1.29, 1.82) is 0 Å². The van der Waals surface area contributed by atoms with E-state index in [1.807, 2.05) is 33.0 Å². The number of anilines is 1. The molecule has 0 saturated carbocycles. The van der Waals surface area contributed by atoms with Crippen molar-refractivity contribution >= 4 is 11.7 Å². The minimum absolute atomic E-state index is 0. The van der Waals surface area contributed by atoms with Crippen molar-refractivity contribution in [3.8, 4) is 0 Å². The first-order valence-electron chi connectivity index (χ1n) is 11.9. The molecule has 0 atom stereocenters. The summed E-state index contributed by atoms with van der Waals surface area (Å²) < 4.78 is 0. The maximum absolute atomic E-state index is 4.74. The molecule has 0 spiro atoms. The summed E-state index contributed by atoms with van der Waals surface area (Å²) in [5.41, 5.74) is 4.83. The van der Waals surface area contributed by atoms with Gasteiger partial charge in [0.05, 0.1) is 0 Å². The predicted molar refractivity (Wildman–Crippen MR) is 139 cm³/mol. The topological polar surface area (TPSA) is 43.8 Å². The van der Waals surface area contributed by atoms with E-state index in [1.54, 1.807) is 0 Å². The fourth-order valence-corrected chi connectivity index (χ4v) is 3.92. The van der Waals surface area contributed by atoms with Gasteiger partial charge >= 0.3 is 0 Å². The van der Waals surface area contributed by atoms with E-state index in [1.165, 1.54) is 11.4 Å². The van der Waals surface area contributed by atoms with Gasteiger partial charge in [-0.05, 0) is 44.1 Å². The summed E-state index contributed by atoms with van der Waals surface area (Å²) in [4.78, 5) is 14.3. The van der Waals surface area contributed by atoms with Gasteiger partial charge in [-0.15, -0.1) is 0 Å². The summed E-state index contributed by atoms with van der Waals surface area (Å²) in [6.07, 6.45) is 17.9. The Hall–Kier alpha value is -3.08. The summed E-state index contributed by atoms with van der Waals surface area (Å²) in [6.45, 7) is 14.8. The minimum Gasteiger partial charge on any atom is -0.371 e. The van der Waals surface area contributed by atoms with Crippen LogP contribution in [-0.4, -0.2) is 48.4 Å². The van der Waals surface area contributed by atoms with Crippen molar-refractivity contribution in [3.05, 3.63) is 83.9 Å². The van der Waals surface area contributed by atoms with E-state index in [-0.39, 0.29) is 1.43 Å². The Bertz CT molecular complexity index is 916. The Morgan fingerprint density at radius 1 is 1.12 bits per heavy atom. The van der Waals surface area contributed by atoms with Crippen molar-refractivity contribution in [2.45, 2.75) is 40.0 Å². The van der Waals surface area contributed by atoms with Crippen LogP contribution in [0.3, 0.4) is 0 Å².